The van der Waals surface area contributed by atoms with Crippen LogP contribution in [0.5, 0.6) is 5.75 Å². The van der Waals surface area contributed by atoms with Crippen LogP contribution in [0.1, 0.15) is 5.56 Å². The largest absolute Gasteiger partial charge is 0.484 e. The number of halogens is 1. The zero-order valence-corrected chi connectivity index (χ0v) is 13.4. The molecule has 0 aliphatic heterocycles. The van der Waals surface area contributed by atoms with E-state index < -0.39 is 0 Å². The predicted molar refractivity (Wildman–Crippen MR) is 90.6 cm³/mol. The molecule has 2 aromatic carbocycles. The van der Waals surface area contributed by atoms with Gasteiger partial charge in [-0.3, -0.25) is 4.79 Å². The summed E-state index contributed by atoms with van der Waals surface area (Å²) in [7, 11) is 0. The highest BCUT2D eigenvalue weighted by Gasteiger charge is 2.10. The first kappa shape index (κ1) is 15.5. The number of ether oxygens (including phenoxy) is 1. The van der Waals surface area contributed by atoms with Gasteiger partial charge in [-0.1, -0.05) is 46.3 Å². The number of nitrogens with two attached hydrogens (primary N) is 1. The van der Waals surface area contributed by atoms with Gasteiger partial charge in [0, 0.05) is 10.0 Å². The Balaban J connectivity index is 2.01. The van der Waals surface area contributed by atoms with E-state index in [-0.39, 0.29) is 17.5 Å². The summed E-state index contributed by atoms with van der Waals surface area (Å²) in [5.41, 5.74) is 6.82. The van der Waals surface area contributed by atoms with Gasteiger partial charge in [-0.2, -0.15) is 0 Å². The van der Waals surface area contributed by atoms with Crippen LogP contribution in [0.15, 0.2) is 53.0 Å². The van der Waals surface area contributed by atoms with Crippen molar-refractivity contribution in [3.63, 3.8) is 0 Å². The molecule has 2 rings (SSSR count). The van der Waals surface area contributed by atoms with Crippen molar-refractivity contribution in [2.45, 2.75) is 0 Å². The van der Waals surface area contributed by atoms with Crippen LogP contribution in [-0.2, 0) is 4.79 Å². The highest BCUT2D eigenvalue weighted by atomic mass is 79.9. The van der Waals surface area contributed by atoms with Gasteiger partial charge in [-0.05, 0) is 30.3 Å². The van der Waals surface area contributed by atoms with Gasteiger partial charge in [0.2, 0.25) is 0 Å². The Morgan fingerprint density at radius 3 is 2.62 bits per heavy atom. The quantitative estimate of drug-likeness (QED) is 0.800. The zero-order valence-electron chi connectivity index (χ0n) is 11.0. The second-order valence-corrected chi connectivity index (χ2v) is 5.56. The minimum absolute atomic E-state index is 0.0865. The van der Waals surface area contributed by atoms with Crippen LogP contribution >= 0.6 is 28.1 Å². The summed E-state index contributed by atoms with van der Waals surface area (Å²) in [6, 6.07) is 14.4. The van der Waals surface area contributed by atoms with Crippen LogP contribution in [0.25, 0.3) is 0 Å². The third-order valence-electron chi connectivity index (χ3n) is 2.63. The number of carbonyl (C=O) groups excluding carboxylic acids is 1. The molecular formula is C15H13BrN2O2S. The van der Waals surface area contributed by atoms with E-state index in [1.54, 1.807) is 30.3 Å². The van der Waals surface area contributed by atoms with Crippen LogP contribution < -0.4 is 15.8 Å². The lowest BCUT2D eigenvalue weighted by Gasteiger charge is -2.11. The van der Waals surface area contributed by atoms with E-state index in [4.69, 9.17) is 22.7 Å². The lowest BCUT2D eigenvalue weighted by atomic mass is 10.2. The first-order valence-electron chi connectivity index (χ1n) is 6.13. The number of amides is 1. The maximum atomic E-state index is 11.9. The van der Waals surface area contributed by atoms with Crippen LogP contribution in [0.3, 0.4) is 0 Å². The smallest absolute Gasteiger partial charge is 0.262 e. The minimum atomic E-state index is -0.279. The van der Waals surface area contributed by atoms with Crippen molar-refractivity contribution in [3.05, 3.63) is 58.6 Å². The number of carbonyl (C=O) groups is 1. The lowest BCUT2D eigenvalue weighted by Crippen LogP contribution is -2.22. The van der Waals surface area contributed by atoms with Crippen LogP contribution in [-0.4, -0.2) is 17.5 Å². The number of benzene rings is 2. The first-order valence-corrected chi connectivity index (χ1v) is 7.33. The van der Waals surface area contributed by atoms with Gasteiger partial charge in [0.25, 0.3) is 5.91 Å². The minimum Gasteiger partial charge on any atom is -0.484 e. The number of nitrogens with one attached hydrogen (secondary N) is 1. The van der Waals surface area contributed by atoms with E-state index in [2.05, 4.69) is 21.2 Å². The van der Waals surface area contributed by atoms with Gasteiger partial charge in [-0.15, -0.1) is 0 Å². The molecule has 0 atom stereocenters. The Bertz CT molecular complexity index is 662. The maximum Gasteiger partial charge on any atom is 0.262 e. The number of hydrogen-bond donors (Lipinski definition) is 2. The van der Waals surface area contributed by atoms with Gasteiger partial charge < -0.3 is 15.8 Å². The summed E-state index contributed by atoms with van der Waals surface area (Å²) in [5, 5.41) is 2.74. The van der Waals surface area contributed by atoms with Crippen molar-refractivity contribution >= 4 is 44.7 Å². The molecule has 0 spiro atoms. The van der Waals surface area contributed by atoms with E-state index in [0.29, 0.717) is 17.0 Å². The average molecular weight is 365 g/mol. The Morgan fingerprint density at radius 1 is 1.24 bits per heavy atom. The summed E-state index contributed by atoms with van der Waals surface area (Å²) in [4.78, 5) is 12.1. The molecule has 108 valence electrons. The molecule has 0 bridgehead atoms. The van der Waals surface area contributed by atoms with Crippen molar-refractivity contribution in [1.82, 2.24) is 0 Å². The molecule has 6 heteroatoms. The van der Waals surface area contributed by atoms with Crippen molar-refractivity contribution in [3.8, 4) is 5.75 Å². The van der Waals surface area contributed by atoms with Gasteiger partial charge in [-0.25, -0.2) is 0 Å². The van der Waals surface area contributed by atoms with Crippen molar-refractivity contribution in [2.75, 3.05) is 11.9 Å². The Labute approximate surface area is 136 Å². The fourth-order valence-electron chi connectivity index (χ4n) is 1.68. The SMILES string of the molecule is NC(=S)c1cc(Br)ccc1NC(=O)COc1ccccc1. The molecule has 0 aliphatic carbocycles. The number of hydrogen-bond acceptors (Lipinski definition) is 3. The van der Waals surface area contributed by atoms with E-state index in [0.717, 1.165) is 4.47 Å². The standard InChI is InChI=1S/C15H13BrN2O2S/c16-10-6-7-13(12(8-10)15(17)21)18-14(19)9-20-11-4-2-1-3-5-11/h1-8H,9H2,(H2,17,21)(H,18,19). The van der Waals surface area contributed by atoms with E-state index in [1.165, 1.54) is 0 Å². The highest BCUT2D eigenvalue weighted by molar-refractivity contribution is 9.10. The summed E-state index contributed by atoms with van der Waals surface area (Å²) in [6.07, 6.45) is 0. The predicted octanol–water partition coefficient (Wildman–Crippen LogP) is 3.10. The third kappa shape index (κ3) is 4.54. The van der Waals surface area contributed by atoms with Gasteiger partial charge in [0.05, 0.1) is 5.69 Å². The highest BCUT2D eigenvalue weighted by Crippen LogP contribution is 2.21. The fourth-order valence-corrected chi connectivity index (χ4v) is 2.21. The lowest BCUT2D eigenvalue weighted by molar-refractivity contribution is -0.118. The van der Waals surface area contributed by atoms with E-state index >= 15 is 0 Å². The molecule has 0 aliphatic rings. The molecule has 0 saturated carbocycles. The molecule has 4 nitrogen and oxygen atoms in total. The number of rotatable bonds is 5. The number of thiocarbonyl (C=S) groups is 1. The van der Waals surface area contributed by atoms with Gasteiger partial charge in [0.1, 0.15) is 10.7 Å². The van der Waals surface area contributed by atoms with Crippen molar-refractivity contribution in [1.29, 1.82) is 0 Å². The number of para-hydroxylation sites is 1. The molecule has 21 heavy (non-hydrogen) atoms. The topological polar surface area (TPSA) is 64.3 Å². The zero-order chi connectivity index (χ0) is 15.2. The van der Waals surface area contributed by atoms with Crippen LogP contribution in [0.4, 0.5) is 5.69 Å². The molecule has 2 aromatic rings. The monoisotopic (exact) mass is 364 g/mol. The van der Waals surface area contributed by atoms with Gasteiger partial charge in [0.15, 0.2) is 6.61 Å². The van der Waals surface area contributed by atoms with E-state index in [1.807, 2.05) is 18.2 Å². The average Bonchev–Trinajstić information content (AvgIpc) is 2.48. The van der Waals surface area contributed by atoms with Crippen LogP contribution in [0, 0.1) is 0 Å². The molecular weight excluding hydrogens is 352 g/mol. The molecule has 3 N–H and O–H groups in total. The number of anilines is 1. The van der Waals surface area contributed by atoms with E-state index in [9.17, 15) is 4.79 Å². The second kappa shape index (κ2) is 7.19. The molecule has 1 amide bonds. The fraction of sp³-hybridized carbons (Fsp3) is 0.0667. The summed E-state index contributed by atoms with van der Waals surface area (Å²) in [5.74, 6) is 0.358. The first-order chi connectivity index (χ1) is 10.1. The summed E-state index contributed by atoms with van der Waals surface area (Å²) in [6.45, 7) is -0.0865. The molecule has 0 unspecified atom stereocenters. The maximum absolute atomic E-state index is 11.9. The Kier molecular flexibility index (Phi) is 5.30. The molecule has 0 heterocycles. The van der Waals surface area contributed by atoms with Crippen LogP contribution in [0.2, 0.25) is 0 Å². The molecule has 0 radical (unpaired) electrons. The Morgan fingerprint density at radius 2 is 1.95 bits per heavy atom. The second-order valence-electron chi connectivity index (χ2n) is 4.20. The van der Waals surface area contributed by atoms with Crippen molar-refractivity contribution in [2.24, 2.45) is 5.73 Å². The van der Waals surface area contributed by atoms with Crippen molar-refractivity contribution < 1.29 is 9.53 Å². The Hall–Kier alpha value is -1.92. The molecule has 0 aromatic heterocycles. The molecule has 0 saturated heterocycles. The van der Waals surface area contributed by atoms with Gasteiger partial charge >= 0.3 is 0 Å². The normalized spacial score (nSPS) is 9.95. The summed E-state index contributed by atoms with van der Waals surface area (Å²) >= 11 is 8.32. The molecule has 0 fully saturated rings. The third-order valence-corrected chi connectivity index (χ3v) is 3.35. The summed E-state index contributed by atoms with van der Waals surface area (Å²) < 4.78 is 6.22.